The van der Waals surface area contributed by atoms with Crippen LogP contribution in [0.5, 0.6) is 0 Å². The molecule has 0 aliphatic heterocycles. The van der Waals surface area contributed by atoms with E-state index in [2.05, 4.69) is 13.8 Å². The molecule has 0 radical (unpaired) electrons. The Labute approximate surface area is 336 Å². The van der Waals surface area contributed by atoms with E-state index in [1.807, 2.05) is 0 Å². The molecule has 0 saturated carbocycles. The maximum atomic E-state index is 12.1. The summed E-state index contributed by atoms with van der Waals surface area (Å²) in [5.41, 5.74) is 0. The minimum Gasteiger partial charge on any atom is -0.466 e. The molecule has 0 atom stereocenters. The van der Waals surface area contributed by atoms with E-state index < -0.39 is 0 Å². The zero-order chi connectivity index (χ0) is 38.2. The summed E-state index contributed by atoms with van der Waals surface area (Å²) in [5, 5.41) is 0. The van der Waals surface area contributed by atoms with Crippen molar-refractivity contribution >= 4 is 5.97 Å². The Morgan fingerprint density at radius 3 is 0.623 bits per heavy atom. The summed E-state index contributed by atoms with van der Waals surface area (Å²) in [6, 6.07) is 0. The maximum absolute atomic E-state index is 12.1. The highest BCUT2D eigenvalue weighted by Gasteiger charge is 2.03. The maximum Gasteiger partial charge on any atom is 0.305 e. The van der Waals surface area contributed by atoms with E-state index in [-0.39, 0.29) is 5.97 Å². The quantitative estimate of drug-likeness (QED) is 0.0458. The second kappa shape index (κ2) is 49.5. The minimum atomic E-state index is 0.0344. The van der Waals surface area contributed by atoms with Crippen LogP contribution in [0.2, 0.25) is 0 Å². The van der Waals surface area contributed by atoms with Gasteiger partial charge >= 0.3 is 5.97 Å². The van der Waals surface area contributed by atoms with Crippen LogP contribution in [-0.4, -0.2) is 12.6 Å². The smallest absolute Gasteiger partial charge is 0.305 e. The Bertz CT molecular complexity index is 644. The molecular formula is C51H102O2. The van der Waals surface area contributed by atoms with Crippen molar-refractivity contribution in [3.63, 3.8) is 0 Å². The van der Waals surface area contributed by atoms with Crippen LogP contribution in [-0.2, 0) is 9.53 Å². The average Bonchev–Trinajstić information content (AvgIpc) is 3.16. The fourth-order valence-electron chi connectivity index (χ4n) is 8.20. The van der Waals surface area contributed by atoms with Gasteiger partial charge in [-0.05, 0) is 12.8 Å². The predicted octanol–water partition coefficient (Wildman–Crippen LogP) is 18.9. The molecule has 53 heavy (non-hydrogen) atoms. The van der Waals surface area contributed by atoms with E-state index in [0.717, 1.165) is 12.8 Å². The summed E-state index contributed by atoms with van der Waals surface area (Å²) in [6.07, 6.45) is 65.3. The minimum absolute atomic E-state index is 0.0344. The lowest BCUT2D eigenvalue weighted by Crippen LogP contribution is -2.05. The second-order valence-electron chi connectivity index (χ2n) is 17.5. The Balaban J connectivity index is 3.14. The summed E-state index contributed by atoms with van der Waals surface area (Å²) >= 11 is 0. The molecule has 0 unspecified atom stereocenters. The second-order valence-corrected chi connectivity index (χ2v) is 17.5. The van der Waals surface area contributed by atoms with Crippen LogP contribution in [0.3, 0.4) is 0 Å². The zero-order valence-electron chi connectivity index (χ0n) is 37.3. The van der Waals surface area contributed by atoms with Gasteiger partial charge in [0.1, 0.15) is 0 Å². The fourth-order valence-corrected chi connectivity index (χ4v) is 8.20. The van der Waals surface area contributed by atoms with E-state index in [1.165, 1.54) is 283 Å². The monoisotopic (exact) mass is 747 g/mol. The number of unbranched alkanes of at least 4 members (excludes halogenated alkanes) is 44. The molecule has 0 fully saturated rings. The van der Waals surface area contributed by atoms with Gasteiger partial charge in [0.05, 0.1) is 6.61 Å². The lowest BCUT2D eigenvalue weighted by atomic mass is 10.0. The number of ether oxygens (including phenoxy) is 1. The van der Waals surface area contributed by atoms with Gasteiger partial charge in [-0.3, -0.25) is 4.79 Å². The first-order valence-electron chi connectivity index (χ1n) is 25.5. The van der Waals surface area contributed by atoms with Gasteiger partial charge in [-0.15, -0.1) is 0 Å². The first kappa shape index (κ1) is 52.5. The van der Waals surface area contributed by atoms with E-state index in [4.69, 9.17) is 4.74 Å². The molecule has 2 heteroatoms. The highest BCUT2D eigenvalue weighted by Crippen LogP contribution is 2.18. The van der Waals surface area contributed by atoms with Gasteiger partial charge in [0.15, 0.2) is 0 Å². The third-order valence-corrected chi connectivity index (χ3v) is 12.0. The van der Waals surface area contributed by atoms with Crippen LogP contribution < -0.4 is 0 Å². The number of esters is 1. The number of rotatable bonds is 48. The van der Waals surface area contributed by atoms with Gasteiger partial charge in [0, 0.05) is 6.42 Å². The molecule has 0 aliphatic rings. The Hall–Kier alpha value is -0.530. The number of carbonyl (C=O) groups is 1. The SMILES string of the molecule is CCCCCCCCCCCCCCCCCCCCCCCCCCCCC(=O)OCCCCCCCCCCCCCCCCCCCCCC. The molecule has 0 spiro atoms. The standard InChI is InChI=1S/C51H102O2/c1-3-5-7-9-11-13-15-17-19-21-23-25-26-27-28-29-30-31-33-35-37-39-41-43-45-47-49-51(52)53-50-48-46-44-42-40-38-36-34-32-24-22-20-18-16-14-12-10-8-6-4-2/h3-50H2,1-2H3. The molecule has 0 amide bonds. The van der Waals surface area contributed by atoms with Crippen LogP contribution >= 0.6 is 0 Å². The van der Waals surface area contributed by atoms with Gasteiger partial charge in [-0.2, -0.15) is 0 Å². The predicted molar refractivity (Wildman–Crippen MR) is 239 cm³/mol. The summed E-state index contributed by atoms with van der Waals surface area (Å²) < 4.78 is 5.50. The van der Waals surface area contributed by atoms with Crippen molar-refractivity contribution in [3.8, 4) is 0 Å². The largest absolute Gasteiger partial charge is 0.466 e. The molecular weight excluding hydrogens is 645 g/mol. The molecule has 2 nitrogen and oxygen atoms in total. The van der Waals surface area contributed by atoms with Crippen molar-refractivity contribution in [1.82, 2.24) is 0 Å². The Morgan fingerprint density at radius 2 is 0.415 bits per heavy atom. The molecule has 0 aliphatic carbocycles. The molecule has 0 saturated heterocycles. The molecule has 0 N–H and O–H groups in total. The van der Waals surface area contributed by atoms with Crippen LogP contribution in [0.4, 0.5) is 0 Å². The zero-order valence-corrected chi connectivity index (χ0v) is 37.3. The number of hydrogen-bond acceptors (Lipinski definition) is 2. The van der Waals surface area contributed by atoms with E-state index in [1.54, 1.807) is 0 Å². The average molecular weight is 747 g/mol. The summed E-state index contributed by atoms with van der Waals surface area (Å²) in [7, 11) is 0. The number of carbonyl (C=O) groups excluding carboxylic acids is 1. The molecule has 0 heterocycles. The van der Waals surface area contributed by atoms with Crippen molar-refractivity contribution in [2.45, 2.75) is 316 Å². The molecule has 0 rings (SSSR count). The van der Waals surface area contributed by atoms with Crippen molar-refractivity contribution in [3.05, 3.63) is 0 Å². The van der Waals surface area contributed by atoms with Gasteiger partial charge in [0.2, 0.25) is 0 Å². The Morgan fingerprint density at radius 1 is 0.245 bits per heavy atom. The van der Waals surface area contributed by atoms with Gasteiger partial charge in [0.25, 0.3) is 0 Å². The lowest BCUT2D eigenvalue weighted by molar-refractivity contribution is -0.143. The van der Waals surface area contributed by atoms with Gasteiger partial charge in [-0.1, -0.05) is 296 Å². The summed E-state index contributed by atoms with van der Waals surface area (Å²) in [6.45, 7) is 5.24. The van der Waals surface area contributed by atoms with Crippen LogP contribution in [0.25, 0.3) is 0 Å². The first-order valence-corrected chi connectivity index (χ1v) is 25.5. The van der Waals surface area contributed by atoms with E-state index in [0.29, 0.717) is 13.0 Å². The fraction of sp³-hybridized carbons (Fsp3) is 0.980. The van der Waals surface area contributed by atoms with Crippen molar-refractivity contribution in [1.29, 1.82) is 0 Å². The summed E-state index contributed by atoms with van der Waals surface area (Å²) in [4.78, 5) is 12.1. The summed E-state index contributed by atoms with van der Waals surface area (Å²) in [5.74, 6) is 0.0344. The first-order chi connectivity index (χ1) is 26.3. The van der Waals surface area contributed by atoms with Crippen LogP contribution in [0.1, 0.15) is 316 Å². The van der Waals surface area contributed by atoms with E-state index >= 15 is 0 Å². The Kier molecular flexibility index (Phi) is 49.0. The number of hydrogen-bond donors (Lipinski definition) is 0. The van der Waals surface area contributed by atoms with Gasteiger partial charge in [-0.25, -0.2) is 0 Å². The van der Waals surface area contributed by atoms with Gasteiger partial charge < -0.3 is 4.74 Å². The van der Waals surface area contributed by atoms with Crippen molar-refractivity contribution in [2.75, 3.05) is 6.61 Å². The molecule has 0 bridgehead atoms. The topological polar surface area (TPSA) is 26.3 Å². The molecule has 0 aromatic carbocycles. The third kappa shape index (κ3) is 49.5. The highest BCUT2D eigenvalue weighted by molar-refractivity contribution is 5.69. The lowest BCUT2D eigenvalue weighted by Gasteiger charge is -2.06. The normalized spacial score (nSPS) is 11.5. The third-order valence-electron chi connectivity index (χ3n) is 12.0. The van der Waals surface area contributed by atoms with Crippen LogP contribution in [0.15, 0.2) is 0 Å². The van der Waals surface area contributed by atoms with Crippen molar-refractivity contribution in [2.24, 2.45) is 0 Å². The highest BCUT2D eigenvalue weighted by atomic mass is 16.5. The van der Waals surface area contributed by atoms with E-state index in [9.17, 15) is 4.79 Å². The molecule has 0 aromatic rings. The molecule has 0 aromatic heterocycles. The molecule has 318 valence electrons. The van der Waals surface area contributed by atoms with Crippen molar-refractivity contribution < 1.29 is 9.53 Å². The van der Waals surface area contributed by atoms with Crippen LogP contribution in [0, 0.1) is 0 Å².